The minimum Gasteiger partial charge on any atom is -0.458 e. The topological polar surface area (TPSA) is 47.6 Å². The van der Waals surface area contributed by atoms with Gasteiger partial charge in [-0.25, -0.2) is 8.78 Å². The fourth-order valence-corrected chi connectivity index (χ4v) is 3.19. The molecular weight excluding hydrogens is 521 g/mol. The van der Waals surface area contributed by atoms with Crippen molar-refractivity contribution in [3.8, 4) is 17.2 Å². The first-order chi connectivity index (χ1) is 17.4. The summed E-state index contributed by atoms with van der Waals surface area (Å²) >= 11 is 0. The summed E-state index contributed by atoms with van der Waals surface area (Å²) in [6, 6.07) is 3.21. The van der Waals surface area contributed by atoms with Crippen LogP contribution in [0.15, 0.2) is 30.3 Å². The van der Waals surface area contributed by atoms with Gasteiger partial charge in [0, 0.05) is 5.69 Å². The lowest BCUT2D eigenvalue weighted by molar-refractivity contribution is -0.274. The zero-order valence-corrected chi connectivity index (χ0v) is 18.9. The number of aryl methyl sites for hydroxylation is 1. The highest BCUT2D eigenvalue weighted by Gasteiger charge is 2.38. The minimum atomic E-state index is -5.25. The van der Waals surface area contributed by atoms with Crippen molar-refractivity contribution in [1.29, 1.82) is 0 Å². The highest BCUT2D eigenvalue weighted by atomic mass is 19.4. The molecule has 3 aromatic rings. The molecule has 0 atom stereocenters. The molecule has 0 spiro atoms. The van der Waals surface area contributed by atoms with Crippen molar-refractivity contribution in [2.45, 2.75) is 19.5 Å². The summed E-state index contributed by atoms with van der Waals surface area (Å²) in [4.78, 5) is 12.9. The Morgan fingerprint density at radius 2 is 1.50 bits per heavy atom. The molecule has 0 aliphatic rings. The number of halogens is 8. The Hall–Kier alpha value is -3.57. The molecule has 8 radical (unpaired) electrons. The van der Waals surface area contributed by atoms with E-state index in [-0.39, 0.29) is 22.8 Å². The highest BCUT2D eigenvalue weighted by molar-refractivity contribution is 6.53. The fourth-order valence-electron chi connectivity index (χ4n) is 3.19. The number of hydrogen-bond donors (Lipinski definition) is 1. The summed E-state index contributed by atoms with van der Waals surface area (Å²) in [6.45, 7) is 1.30. The number of benzene rings is 3. The third-order valence-corrected chi connectivity index (χ3v) is 5.00. The maximum atomic E-state index is 15.1. The summed E-state index contributed by atoms with van der Waals surface area (Å²) < 4.78 is 116. The molecule has 0 aliphatic heterocycles. The third-order valence-electron chi connectivity index (χ3n) is 5.00. The Labute approximate surface area is 215 Å². The van der Waals surface area contributed by atoms with Gasteiger partial charge in [-0.2, -0.15) is 13.2 Å². The van der Waals surface area contributed by atoms with Crippen molar-refractivity contribution in [3.05, 3.63) is 58.7 Å². The molecule has 1 N–H and O–H groups in total. The van der Waals surface area contributed by atoms with E-state index in [4.69, 9.17) is 36.1 Å². The monoisotopic (exact) mass is 531 g/mol. The second-order valence-corrected chi connectivity index (χ2v) is 7.71. The van der Waals surface area contributed by atoms with Crippen LogP contribution in [0.1, 0.15) is 21.5 Å². The van der Waals surface area contributed by atoms with Crippen LogP contribution in [-0.4, -0.2) is 43.7 Å². The van der Waals surface area contributed by atoms with Crippen LogP contribution in [0.25, 0.3) is 0 Å². The molecule has 188 valence electrons. The Balaban J connectivity index is 2.14. The van der Waals surface area contributed by atoms with Gasteiger partial charge in [-0.3, -0.25) is 4.79 Å². The van der Waals surface area contributed by atoms with Crippen LogP contribution in [0.3, 0.4) is 0 Å². The van der Waals surface area contributed by atoms with E-state index in [0.717, 1.165) is 12.1 Å². The lowest BCUT2D eigenvalue weighted by atomic mass is 9.75. The molecule has 0 bridgehead atoms. The molecule has 0 aromatic heterocycles. The van der Waals surface area contributed by atoms with Gasteiger partial charge in [0.2, 0.25) is 0 Å². The van der Waals surface area contributed by atoms with E-state index in [0.29, 0.717) is 12.1 Å². The van der Waals surface area contributed by atoms with Gasteiger partial charge < -0.3 is 14.8 Å². The van der Waals surface area contributed by atoms with Gasteiger partial charge in [0.25, 0.3) is 5.91 Å². The van der Waals surface area contributed by atoms with Crippen LogP contribution in [0, 0.1) is 18.6 Å². The van der Waals surface area contributed by atoms with Gasteiger partial charge in [0.05, 0.1) is 5.56 Å². The molecule has 4 nitrogen and oxygen atoms in total. The van der Waals surface area contributed by atoms with Crippen LogP contribution in [0.4, 0.5) is 40.8 Å². The zero-order chi connectivity index (χ0) is 28.7. The van der Waals surface area contributed by atoms with Gasteiger partial charge >= 0.3 is 12.5 Å². The summed E-state index contributed by atoms with van der Waals surface area (Å²) in [7, 11) is 22.5. The number of hydrogen-bond acceptors (Lipinski definition) is 3. The molecule has 3 rings (SSSR count). The van der Waals surface area contributed by atoms with E-state index in [1.54, 1.807) is 0 Å². The number of ether oxygens (including phenoxy) is 2. The Bertz CT molecular complexity index is 1430. The average molecular weight is 531 g/mol. The normalized spacial score (nSPS) is 11.8. The summed E-state index contributed by atoms with van der Waals surface area (Å²) in [5.74, 6) is -6.94. The first-order valence-electron chi connectivity index (χ1n) is 10.1. The SMILES string of the molecule is [B]c1cc(F)c(C)cc1NC(=O)c1c(Oc2c([B])cc(OC(F)(F)F)c([B])c2[B])ccc(C(F)(F)F)c1F. The minimum absolute atomic E-state index is 0.00678. The number of alkyl halides is 6. The highest BCUT2D eigenvalue weighted by Crippen LogP contribution is 2.37. The van der Waals surface area contributed by atoms with Gasteiger partial charge in [-0.1, -0.05) is 21.9 Å². The quantitative estimate of drug-likeness (QED) is 0.407. The van der Waals surface area contributed by atoms with Gasteiger partial charge in [0.1, 0.15) is 60.0 Å². The van der Waals surface area contributed by atoms with Crippen LogP contribution in [0.2, 0.25) is 0 Å². The Kier molecular flexibility index (Phi) is 7.86. The molecule has 0 aliphatic carbocycles. The van der Waals surface area contributed by atoms with E-state index in [1.165, 1.54) is 6.92 Å². The first-order valence-corrected chi connectivity index (χ1v) is 10.1. The molecule has 0 saturated carbocycles. The average Bonchev–Trinajstić information content (AvgIpc) is 2.76. The molecule has 0 saturated heterocycles. The molecule has 1 amide bonds. The maximum absolute atomic E-state index is 15.1. The molecular formula is C22H9B4F8NO3. The largest absolute Gasteiger partial charge is 0.573 e. The van der Waals surface area contributed by atoms with Crippen LogP contribution in [-0.2, 0) is 6.18 Å². The van der Waals surface area contributed by atoms with E-state index in [1.807, 2.05) is 0 Å². The lowest BCUT2D eigenvalue weighted by Crippen LogP contribution is -2.36. The predicted molar refractivity (Wildman–Crippen MR) is 125 cm³/mol. The summed E-state index contributed by atoms with van der Waals surface area (Å²) in [5.41, 5.74) is -6.00. The van der Waals surface area contributed by atoms with Crippen LogP contribution >= 0.6 is 0 Å². The molecule has 0 unspecified atom stereocenters. The maximum Gasteiger partial charge on any atom is 0.573 e. The number of carbonyl (C=O) groups excluding carboxylic acids is 1. The predicted octanol–water partition coefficient (Wildman–Crippen LogP) is 2.41. The van der Waals surface area contributed by atoms with Crippen molar-refractivity contribution < 1.29 is 49.4 Å². The van der Waals surface area contributed by atoms with Crippen LogP contribution < -0.4 is 36.6 Å². The second-order valence-electron chi connectivity index (χ2n) is 7.71. The second kappa shape index (κ2) is 10.3. The smallest absolute Gasteiger partial charge is 0.458 e. The molecule has 0 heterocycles. The Morgan fingerprint density at radius 1 is 0.868 bits per heavy atom. The fraction of sp³-hybridized carbons (Fsp3) is 0.136. The van der Waals surface area contributed by atoms with E-state index in [2.05, 4.69) is 10.1 Å². The number of rotatable bonds is 5. The molecule has 3 aromatic carbocycles. The molecule has 0 fully saturated rings. The third kappa shape index (κ3) is 6.11. The molecule has 38 heavy (non-hydrogen) atoms. The van der Waals surface area contributed by atoms with Crippen molar-refractivity contribution in [2.75, 3.05) is 5.32 Å². The van der Waals surface area contributed by atoms with Gasteiger partial charge in [-0.15, -0.1) is 13.2 Å². The van der Waals surface area contributed by atoms with Crippen molar-refractivity contribution in [3.63, 3.8) is 0 Å². The number of carbonyl (C=O) groups is 1. The Morgan fingerprint density at radius 3 is 2.08 bits per heavy atom. The van der Waals surface area contributed by atoms with Gasteiger partial charge in [-0.05, 0) is 42.8 Å². The summed E-state index contributed by atoms with van der Waals surface area (Å²) in [5, 5.41) is 2.07. The molecule has 16 heteroatoms. The van der Waals surface area contributed by atoms with E-state index >= 15 is 4.39 Å². The van der Waals surface area contributed by atoms with Crippen molar-refractivity contribution in [2.24, 2.45) is 0 Å². The van der Waals surface area contributed by atoms with Crippen molar-refractivity contribution in [1.82, 2.24) is 0 Å². The summed E-state index contributed by atoms with van der Waals surface area (Å²) in [6.07, 6.45) is -10.4. The van der Waals surface area contributed by atoms with E-state index < -0.39 is 74.8 Å². The first kappa shape index (κ1) is 29.0. The number of nitrogens with one attached hydrogen (secondary N) is 1. The standard InChI is InChI=1S/C22H9B4F8NO3/c1-7-4-12(9(23)5-11(7)27)35-20(36)15-13(3-2-8(18(15)28)21(29,30)31)37-19-10(24)6-14(16(25)17(19)26)38-22(32,33)34/h2-6H,1H3,(H,35,36). The number of anilines is 1. The lowest BCUT2D eigenvalue weighted by Gasteiger charge is -2.21. The van der Waals surface area contributed by atoms with Crippen LogP contribution in [0.5, 0.6) is 17.2 Å². The van der Waals surface area contributed by atoms with Crippen molar-refractivity contribution >= 4 is 64.8 Å². The zero-order valence-electron chi connectivity index (χ0n) is 18.9. The number of amides is 1. The van der Waals surface area contributed by atoms with E-state index in [9.17, 15) is 35.5 Å². The van der Waals surface area contributed by atoms with Gasteiger partial charge in [0.15, 0.2) is 5.82 Å².